The first-order chi connectivity index (χ1) is 10.1. The average molecular weight is 309 g/mol. The maximum Gasteiger partial charge on any atom is 0.212 e. The molecular formula is C15H23N3O2S. The van der Waals surface area contributed by atoms with Crippen LogP contribution in [0.1, 0.15) is 12.0 Å². The molecule has 21 heavy (non-hydrogen) atoms. The van der Waals surface area contributed by atoms with Crippen molar-refractivity contribution in [3.05, 3.63) is 35.9 Å². The minimum absolute atomic E-state index is 0.200. The molecule has 1 N–H and O–H groups in total. The Morgan fingerprint density at radius 3 is 2.43 bits per heavy atom. The number of fused-ring (bicyclic) bond motifs is 2. The van der Waals surface area contributed by atoms with Crippen molar-refractivity contribution in [2.75, 3.05) is 32.4 Å². The Bertz CT molecular complexity index is 576. The summed E-state index contributed by atoms with van der Waals surface area (Å²) in [6.07, 6.45) is 1.17. The van der Waals surface area contributed by atoms with Gasteiger partial charge in [-0.15, -0.1) is 0 Å². The van der Waals surface area contributed by atoms with Crippen molar-refractivity contribution in [2.24, 2.45) is 0 Å². The molecule has 2 saturated heterocycles. The van der Waals surface area contributed by atoms with Crippen molar-refractivity contribution in [1.29, 1.82) is 0 Å². The molecule has 2 aliphatic rings. The third-order valence-electron chi connectivity index (χ3n) is 4.65. The average Bonchev–Trinajstić information content (AvgIpc) is 3.06. The Morgan fingerprint density at radius 2 is 1.81 bits per heavy atom. The molecule has 2 fully saturated rings. The second kappa shape index (κ2) is 6.04. The fraction of sp³-hybridized carbons (Fsp3) is 0.600. The summed E-state index contributed by atoms with van der Waals surface area (Å²) in [5, 5.41) is 0. The Labute approximate surface area is 127 Å². The number of rotatable bonds is 6. The lowest BCUT2D eigenvalue weighted by molar-refractivity contribution is 0.128. The Morgan fingerprint density at radius 1 is 1.14 bits per heavy atom. The van der Waals surface area contributed by atoms with E-state index in [-0.39, 0.29) is 5.75 Å². The first-order valence-corrected chi connectivity index (χ1v) is 9.16. The van der Waals surface area contributed by atoms with Gasteiger partial charge < -0.3 is 0 Å². The lowest BCUT2D eigenvalue weighted by atomic mass is 10.2. The van der Waals surface area contributed by atoms with Crippen molar-refractivity contribution in [3.8, 4) is 0 Å². The van der Waals surface area contributed by atoms with E-state index in [2.05, 4.69) is 38.8 Å². The SMILES string of the molecule is CNS(=O)(=O)CCN1C[C@@H]2C[C@H]1CN2Cc1ccccc1. The fourth-order valence-corrected chi connectivity index (χ4v) is 4.14. The van der Waals surface area contributed by atoms with Crippen LogP contribution < -0.4 is 4.72 Å². The highest BCUT2D eigenvalue weighted by Crippen LogP contribution is 2.31. The fourth-order valence-electron chi connectivity index (χ4n) is 3.46. The predicted molar refractivity (Wildman–Crippen MR) is 83.5 cm³/mol. The third kappa shape index (κ3) is 3.45. The Balaban J connectivity index is 1.52. The van der Waals surface area contributed by atoms with Crippen LogP contribution >= 0.6 is 0 Å². The van der Waals surface area contributed by atoms with Gasteiger partial charge in [-0.25, -0.2) is 13.1 Å². The molecule has 0 spiro atoms. The monoisotopic (exact) mass is 309 g/mol. The summed E-state index contributed by atoms with van der Waals surface area (Å²) in [6.45, 7) is 3.70. The van der Waals surface area contributed by atoms with Gasteiger partial charge in [0.1, 0.15) is 0 Å². The molecule has 6 heteroatoms. The minimum Gasteiger partial charge on any atom is -0.296 e. The lowest BCUT2D eigenvalue weighted by Gasteiger charge is -2.34. The normalized spacial score (nSPS) is 26.5. The van der Waals surface area contributed by atoms with Crippen LogP contribution in [0.3, 0.4) is 0 Å². The first kappa shape index (κ1) is 15.0. The Hall–Kier alpha value is -0.950. The van der Waals surface area contributed by atoms with Crippen molar-refractivity contribution in [3.63, 3.8) is 0 Å². The van der Waals surface area contributed by atoms with E-state index in [4.69, 9.17) is 0 Å². The van der Waals surface area contributed by atoms with E-state index in [1.54, 1.807) is 0 Å². The highest BCUT2D eigenvalue weighted by Gasteiger charge is 2.42. The van der Waals surface area contributed by atoms with Crippen molar-refractivity contribution in [2.45, 2.75) is 25.0 Å². The number of piperazine rings is 1. The van der Waals surface area contributed by atoms with Gasteiger partial charge in [-0.2, -0.15) is 0 Å². The smallest absolute Gasteiger partial charge is 0.212 e. The van der Waals surface area contributed by atoms with E-state index in [0.717, 1.165) is 19.6 Å². The van der Waals surface area contributed by atoms with Crippen molar-refractivity contribution in [1.82, 2.24) is 14.5 Å². The van der Waals surface area contributed by atoms with E-state index in [1.807, 2.05) is 6.07 Å². The van der Waals surface area contributed by atoms with Crippen LogP contribution in [0.15, 0.2) is 30.3 Å². The van der Waals surface area contributed by atoms with Crippen LogP contribution in [-0.2, 0) is 16.6 Å². The largest absolute Gasteiger partial charge is 0.296 e. The van der Waals surface area contributed by atoms with E-state index >= 15 is 0 Å². The number of hydrogen-bond acceptors (Lipinski definition) is 4. The molecule has 2 bridgehead atoms. The first-order valence-electron chi connectivity index (χ1n) is 7.50. The molecule has 0 radical (unpaired) electrons. The van der Waals surface area contributed by atoms with Gasteiger partial charge in [-0.1, -0.05) is 30.3 Å². The molecule has 1 aromatic carbocycles. The second-order valence-corrected chi connectivity index (χ2v) is 8.02. The third-order valence-corrected chi connectivity index (χ3v) is 6.00. The van der Waals surface area contributed by atoms with Gasteiger partial charge in [0.25, 0.3) is 0 Å². The summed E-state index contributed by atoms with van der Waals surface area (Å²) in [5.74, 6) is 0.200. The minimum atomic E-state index is -3.09. The van der Waals surface area contributed by atoms with Gasteiger partial charge in [0, 0.05) is 38.3 Å². The molecule has 2 heterocycles. The van der Waals surface area contributed by atoms with E-state index in [0.29, 0.717) is 18.6 Å². The predicted octanol–water partition coefficient (Wildman–Crippen LogP) is 0.494. The summed E-state index contributed by atoms with van der Waals surface area (Å²) in [5.41, 5.74) is 1.36. The number of benzene rings is 1. The molecule has 1 aromatic rings. The molecule has 0 aliphatic carbocycles. The summed E-state index contributed by atoms with van der Waals surface area (Å²) in [6, 6.07) is 11.6. The van der Waals surface area contributed by atoms with Crippen LogP contribution in [0.5, 0.6) is 0 Å². The van der Waals surface area contributed by atoms with Gasteiger partial charge in [0.05, 0.1) is 5.75 Å². The molecule has 2 aliphatic heterocycles. The van der Waals surface area contributed by atoms with E-state index in [9.17, 15) is 8.42 Å². The number of nitrogens with one attached hydrogen (secondary N) is 1. The summed E-state index contributed by atoms with van der Waals surface area (Å²) >= 11 is 0. The second-order valence-electron chi connectivity index (χ2n) is 5.98. The number of hydrogen-bond donors (Lipinski definition) is 1. The van der Waals surface area contributed by atoms with Crippen molar-refractivity contribution >= 4 is 10.0 Å². The van der Waals surface area contributed by atoms with E-state index < -0.39 is 10.0 Å². The molecule has 0 unspecified atom stereocenters. The van der Waals surface area contributed by atoms with Gasteiger partial charge >= 0.3 is 0 Å². The van der Waals surface area contributed by atoms with Crippen molar-refractivity contribution < 1.29 is 8.42 Å². The van der Waals surface area contributed by atoms with Crippen LogP contribution in [0.4, 0.5) is 0 Å². The highest BCUT2D eigenvalue weighted by atomic mass is 32.2. The van der Waals surface area contributed by atoms with Crippen LogP contribution in [0.2, 0.25) is 0 Å². The zero-order chi connectivity index (χ0) is 14.9. The zero-order valence-corrected chi connectivity index (χ0v) is 13.2. The Kier molecular flexibility index (Phi) is 4.31. The van der Waals surface area contributed by atoms with Crippen LogP contribution in [0, 0.1) is 0 Å². The lowest BCUT2D eigenvalue weighted by Crippen LogP contribution is -2.47. The number of likely N-dealkylation sites (tertiary alicyclic amines) is 2. The van der Waals surface area contributed by atoms with Crippen LogP contribution in [0.25, 0.3) is 0 Å². The number of sulfonamides is 1. The molecule has 116 valence electrons. The molecule has 2 atom stereocenters. The maximum absolute atomic E-state index is 11.5. The molecule has 0 saturated carbocycles. The molecule has 0 amide bonds. The molecule has 5 nitrogen and oxygen atoms in total. The van der Waals surface area contributed by atoms with Gasteiger partial charge in [0.15, 0.2) is 0 Å². The van der Waals surface area contributed by atoms with E-state index in [1.165, 1.54) is 19.0 Å². The quantitative estimate of drug-likeness (QED) is 0.831. The summed E-state index contributed by atoms with van der Waals surface area (Å²) < 4.78 is 25.4. The standard InChI is InChI=1S/C15H23N3O2S/c1-16-21(19,20)8-7-17-11-15-9-14(17)12-18(15)10-13-5-3-2-4-6-13/h2-6,14-16H,7-12H2,1H3/t14-,15-/m0/s1. The maximum atomic E-state index is 11.5. The van der Waals surface area contributed by atoms with Crippen LogP contribution in [-0.4, -0.2) is 62.7 Å². The molecular weight excluding hydrogens is 286 g/mol. The highest BCUT2D eigenvalue weighted by molar-refractivity contribution is 7.89. The van der Waals surface area contributed by atoms with Gasteiger partial charge in [-0.3, -0.25) is 9.80 Å². The number of nitrogens with zero attached hydrogens (tertiary/aromatic N) is 2. The van der Waals surface area contributed by atoms with Gasteiger partial charge in [0.2, 0.25) is 10.0 Å². The van der Waals surface area contributed by atoms with Gasteiger partial charge in [-0.05, 0) is 19.0 Å². The molecule has 3 rings (SSSR count). The topological polar surface area (TPSA) is 52.7 Å². The molecule has 0 aromatic heterocycles. The summed E-state index contributed by atoms with van der Waals surface area (Å²) in [4.78, 5) is 4.87. The zero-order valence-electron chi connectivity index (χ0n) is 12.4. The summed E-state index contributed by atoms with van der Waals surface area (Å²) in [7, 11) is -1.61.